The number of carbonyl (C=O) groups excluding carboxylic acids is 2. The summed E-state index contributed by atoms with van der Waals surface area (Å²) in [6, 6.07) is 5.03. The Bertz CT molecular complexity index is 782. The molecule has 2 rings (SSSR count). The fourth-order valence-corrected chi connectivity index (χ4v) is 2.59. The number of urea groups is 1. The van der Waals surface area contributed by atoms with Gasteiger partial charge < -0.3 is 14.5 Å². The zero-order valence-corrected chi connectivity index (χ0v) is 16.7. The van der Waals surface area contributed by atoms with Gasteiger partial charge in [0, 0.05) is 6.54 Å². The van der Waals surface area contributed by atoms with Crippen molar-refractivity contribution in [1.29, 1.82) is 0 Å². The number of imide groups is 1. The molecule has 1 aromatic heterocycles. The van der Waals surface area contributed by atoms with Crippen LogP contribution in [0.15, 0.2) is 33.9 Å². The van der Waals surface area contributed by atoms with Crippen LogP contribution in [0.5, 0.6) is 5.75 Å². The van der Waals surface area contributed by atoms with Crippen molar-refractivity contribution in [1.82, 2.24) is 20.8 Å². The van der Waals surface area contributed by atoms with E-state index in [0.717, 1.165) is 18.2 Å². The predicted molar refractivity (Wildman–Crippen MR) is 101 cm³/mol. The zero-order valence-electron chi connectivity index (χ0n) is 15.9. The van der Waals surface area contributed by atoms with E-state index in [1.165, 1.54) is 24.3 Å². The normalized spacial score (nSPS) is 11.9. The highest BCUT2D eigenvalue weighted by Crippen LogP contribution is 2.24. The maximum absolute atomic E-state index is 12.9. The number of benzene rings is 1. The van der Waals surface area contributed by atoms with Crippen LogP contribution in [-0.2, 0) is 4.79 Å². The molecule has 1 aromatic carbocycles. The second-order valence-corrected chi connectivity index (χ2v) is 7.32. The SMILES string of the molecule is CC(C)CCNC(=O)NC(=O)CSc1nnc([C@H](C)Oc2ccc(F)cc2)o1. The van der Waals surface area contributed by atoms with Crippen molar-refractivity contribution >= 4 is 23.7 Å². The molecule has 0 fully saturated rings. The molecule has 10 heteroatoms. The molecule has 2 N–H and O–H groups in total. The molecule has 0 spiro atoms. The van der Waals surface area contributed by atoms with Crippen LogP contribution in [0.4, 0.5) is 9.18 Å². The van der Waals surface area contributed by atoms with E-state index in [9.17, 15) is 14.0 Å². The molecule has 2 aromatic rings. The summed E-state index contributed by atoms with van der Waals surface area (Å²) < 4.78 is 24.0. The maximum Gasteiger partial charge on any atom is 0.321 e. The molecular formula is C18H23FN4O4S. The van der Waals surface area contributed by atoms with Crippen LogP contribution in [0.1, 0.15) is 39.2 Å². The number of halogens is 1. The molecule has 1 atom stereocenters. The number of thioether (sulfide) groups is 1. The van der Waals surface area contributed by atoms with Gasteiger partial charge in [-0.3, -0.25) is 10.1 Å². The molecule has 0 aliphatic rings. The minimum absolute atomic E-state index is 0.0492. The molecule has 0 aliphatic carbocycles. The highest BCUT2D eigenvalue weighted by molar-refractivity contribution is 7.99. The lowest BCUT2D eigenvalue weighted by atomic mass is 10.1. The van der Waals surface area contributed by atoms with Gasteiger partial charge in [0.25, 0.3) is 11.1 Å². The molecule has 0 saturated carbocycles. The quantitative estimate of drug-likeness (QED) is 0.611. The van der Waals surface area contributed by atoms with Crippen LogP contribution in [0.25, 0.3) is 0 Å². The van der Waals surface area contributed by atoms with Crippen molar-refractivity contribution in [3.8, 4) is 5.75 Å². The molecule has 28 heavy (non-hydrogen) atoms. The van der Waals surface area contributed by atoms with E-state index in [1.54, 1.807) is 6.92 Å². The highest BCUT2D eigenvalue weighted by Gasteiger charge is 2.17. The van der Waals surface area contributed by atoms with Crippen LogP contribution < -0.4 is 15.4 Å². The fraction of sp³-hybridized carbons (Fsp3) is 0.444. The summed E-state index contributed by atoms with van der Waals surface area (Å²) in [5, 5.41) is 12.8. The van der Waals surface area contributed by atoms with E-state index >= 15 is 0 Å². The summed E-state index contributed by atoms with van der Waals surface area (Å²) in [4.78, 5) is 23.4. The molecule has 0 unspecified atom stereocenters. The number of carbonyl (C=O) groups is 2. The Balaban J connectivity index is 1.75. The van der Waals surface area contributed by atoms with Crippen molar-refractivity contribution in [2.45, 2.75) is 38.5 Å². The van der Waals surface area contributed by atoms with Crippen molar-refractivity contribution in [2.75, 3.05) is 12.3 Å². The number of hydrogen-bond acceptors (Lipinski definition) is 7. The molecule has 152 valence electrons. The number of hydrogen-bond donors (Lipinski definition) is 2. The first-order chi connectivity index (χ1) is 13.3. The Labute approximate surface area is 166 Å². The van der Waals surface area contributed by atoms with Gasteiger partial charge in [-0.05, 0) is 43.5 Å². The second-order valence-electron chi connectivity index (χ2n) is 6.40. The minimum Gasteiger partial charge on any atom is -0.481 e. The number of rotatable bonds is 9. The smallest absolute Gasteiger partial charge is 0.321 e. The molecule has 0 saturated heterocycles. The molecule has 3 amide bonds. The van der Waals surface area contributed by atoms with Crippen LogP contribution in [0.3, 0.4) is 0 Å². The summed E-state index contributed by atoms with van der Waals surface area (Å²) in [7, 11) is 0. The van der Waals surface area contributed by atoms with E-state index in [2.05, 4.69) is 20.8 Å². The van der Waals surface area contributed by atoms with Crippen LogP contribution in [0.2, 0.25) is 0 Å². The zero-order chi connectivity index (χ0) is 20.5. The third kappa shape index (κ3) is 7.55. The van der Waals surface area contributed by atoms with Gasteiger partial charge in [0.1, 0.15) is 11.6 Å². The van der Waals surface area contributed by atoms with Gasteiger partial charge >= 0.3 is 6.03 Å². The van der Waals surface area contributed by atoms with E-state index in [4.69, 9.17) is 9.15 Å². The van der Waals surface area contributed by atoms with Crippen LogP contribution in [0, 0.1) is 11.7 Å². The Morgan fingerprint density at radius 2 is 1.93 bits per heavy atom. The summed E-state index contributed by atoms with van der Waals surface area (Å²) >= 11 is 1.01. The largest absolute Gasteiger partial charge is 0.481 e. The monoisotopic (exact) mass is 410 g/mol. The van der Waals surface area contributed by atoms with Gasteiger partial charge in [0.05, 0.1) is 5.75 Å². The molecular weight excluding hydrogens is 387 g/mol. The van der Waals surface area contributed by atoms with Crippen molar-refractivity contribution in [3.63, 3.8) is 0 Å². The number of amides is 3. The number of nitrogens with one attached hydrogen (secondary N) is 2. The van der Waals surface area contributed by atoms with Gasteiger partial charge in [-0.1, -0.05) is 25.6 Å². The molecule has 0 aliphatic heterocycles. The Kier molecular flexibility index (Phi) is 8.24. The second kappa shape index (κ2) is 10.6. The summed E-state index contributed by atoms with van der Waals surface area (Å²) in [6.07, 6.45) is 0.284. The van der Waals surface area contributed by atoms with E-state index < -0.39 is 18.0 Å². The van der Waals surface area contributed by atoms with Gasteiger partial charge in [0.2, 0.25) is 5.91 Å². The number of nitrogens with zero attached hydrogens (tertiary/aromatic N) is 2. The Morgan fingerprint density at radius 3 is 2.61 bits per heavy atom. The van der Waals surface area contributed by atoms with Gasteiger partial charge in [-0.15, -0.1) is 10.2 Å². The lowest BCUT2D eigenvalue weighted by Crippen LogP contribution is -2.40. The first-order valence-corrected chi connectivity index (χ1v) is 9.78. The fourth-order valence-electron chi connectivity index (χ4n) is 2.02. The van der Waals surface area contributed by atoms with Gasteiger partial charge in [-0.25, -0.2) is 9.18 Å². The van der Waals surface area contributed by atoms with E-state index in [-0.39, 0.29) is 22.7 Å². The third-order valence-corrected chi connectivity index (χ3v) is 4.30. The van der Waals surface area contributed by atoms with E-state index in [0.29, 0.717) is 18.2 Å². The summed E-state index contributed by atoms with van der Waals surface area (Å²) in [5.74, 6) is 0.271. The van der Waals surface area contributed by atoms with Crippen molar-refractivity contribution in [2.24, 2.45) is 5.92 Å². The van der Waals surface area contributed by atoms with Crippen molar-refractivity contribution < 1.29 is 23.1 Å². The standard InChI is InChI=1S/C18H23FN4O4S/c1-11(2)8-9-20-17(25)21-15(24)10-28-18-23-22-16(27-18)12(3)26-14-6-4-13(19)5-7-14/h4-7,11-12H,8-10H2,1-3H3,(H2,20,21,24,25)/t12-/m0/s1. The van der Waals surface area contributed by atoms with Crippen LogP contribution in [-0.4, -0.2) is 34.4 Å². The summed E-state index contributed by atoms with van der Waals surface area (Å²) in [5.41, 5.74) is 0. The number of ether oxygens (including phenoxy) is 1. The highest BCUT2D eigenvalue weighted by atomic mass is 32.2. The lowest BCUT2D eigenvalue weighted by molar-refractivity contribution is -0.117. The number of aromatic nitrogens is 2. The first kappa shape index (κ1) is 21.7. The summed E-state index contributed by atoms with van der Waals surface area (Å²) in [6.45, 7) is 6.31. The predicted octanol–water partition coefficient (Wildman–Crippen LogP) is 3.31. The first-order valence-electron chi connectivity index (χ1n) is 8.79. The lowest BCUT2D eigenvalue weighted by Gasteiger charge is -2.10. The molecule has 1 heterocycles. The molecule has 8 nitrogen and oxygen atoms in total. The third-order valence-electron chi connectivity index (χ3n) is 3.48. The average molecular weight is 410 g/mol. The van der Waals surface area contributed by atoms with Gasteiger partial charge in [0.15, 0.2) is 6.10 Å². The maximum atomic E-state index is 12.9. The average Bonchev–Trinajstić information content (AvgIpc) is 3.11. The van der Waals surface area contributed by atoms with Crippen LogP contribution >= 0.6 is 11.8 Å². The minimum atomic E-state index is -0.548. The van der Waals surface area contributed by atoms with E-state index in [1.807, 2.05) is 13.8 Å². The Hall–Kier alpha value is -2.62. The Morgan fingerprint density at radius 1 is 1.21 bits per heavy atom. The molecule has 0 radical (unpaired) electrons. The van der Waals surface area contributed by atoms with Crippen molar-refractivity contribution in [3.05, 3.63) is 36.0 Å². The topological polar surface area (TPSA) is 106 Å². The molecule has 0 bridgehead atoms. The van der Waals surface area contributed by atoms with Gasteiger partial charge in [-0.2, -0.15) is 0 Å².